The first-order chi connectivity index (χ1) is 7.25. The van der Waals surface area contributed by atoms with E-state index in [4.69, 9.17) is 10.5 Å². The molecular weight excluding hydrogens is 188 g/mol. The summed E-state index contributed by atoms with van der Waals surface area (Å²) in [6, 6.07) is 9.29. The molecule has 0 aliphatic carbocycles. The summed E-state index contributed by atoms with van der Waals surface area (Å²) >= 11 is 0. The highest BCUT2D eigenvalue weighted by Gasteiger charge is 2.01. The maximum Gasteiger partial charge on any atom is 0.150 e. The highest BCUT2D eigenvalue weighted by molar-refractivity contribution is 5.55. The number of aromatic nitrogens is 1. The second kappa shape index (κ2) is 4.00. The van der Waals surface area contributed by atoms with Crippen molar-refractivity contribution in [1.82, 2.24) is 4.98 Å². The number of hydrogen-bond donors (Lipinski definition) is 1. The predicted octanol–water partition coefficient (Wildman–Crippen LogP) is 2.76. The van der Waals surface area contributed by atoms with Crippen molar-refractivity contribution in [2.24, 2.45) is 0 Å². The fourth-order valence-corrected chi connectivity index (χ4v) is 1.26. The molecule has 0 spiro atoms. The lowest BCUT2D eigenvalue weighted by atomic mass is 10.2. The minimum absolute atomic E-state index is 0.636. The average molecular weight is 200 g/mol. The van der Waals surface area contributed by atoms with Gasteiger partial charge in [-0.15, -0.1) is 0 Å². The Labute approximate surface area is 88.5 Å². The van der Waals surface area contributed by atoms with Gasteiger partial charge in [0.25, 0.3) is 0 Å². The zero-order valence-electron chi connectivity index (χ0n) is 8.47. The smallest absolute Gasteiger partial charge is 0.150 e. The lowest BCUT2D eigenvalue weighted by Gasteiger charge is -2.08. The van der Waals surface area contributed by atoms with Crippen LogP contribution in [0.25, 0.3) is 0 Å². The minimum atomic E-state index is 0.636. The highest BCUT2D eigenvalue weighted by atomic mass is 16.5. The number of benzene rings is 1. The molecule has 0 fully saturated rings. The van der Waals surface area contributed by atoms with Gasteiger partial charge >= 0.3 is 0 Å². The molecule has 3 heteroatoms. The van der Waals surface area contributed by atoms with Crippen molar-refractivity contribution >= 4 is 5.69 Å². The molecule has 0 bridgehead atoms. The molecule has 2 N–H and O–H groups in total. The second-order valence-corrected chi connectivity index (χ2v) is 3.33. The summed E-state index contributed by atoms with van der Waals surface area (Å²) in [5.41, 5.74) is 7.55. The first-order valence-electron chi connectivity index (χ1n) is 4.70. The summed E-state index contributed by atoms with van der Waals surface area (Å²) in [5.74, 6) is 1.42. The molecule has 0 unspecified atom stereocenters. The van der Waals surface area contributed by atoms with Crippen molar-refractivity contribution in [3.63, 3.8) is 0 Å². The largest absolute Gasteiger partial charge is 0.455 e. The minimum Gasteiger partial charge on any atom is -0.455 e. The van der Waals surface area contributed by atoms with Crippen molar-refractivity contribution in [3.8, 4) is 11.5 Å². The molecule has 15 heavy (non-hydrogen) atoms. The van der Waals surface area contributed by atoms with Crippen molar-refractivity contribution < 1.29 is 4.74 Å². The lowest BCUT2D eigenvalue weighted by Crippen LogP contribution is -1.92. The van der Waals surface area contributed by atoms with Crippen molar-refractivity contribution in [2.75, 3.05) is 5.73 Å². The molecule has 1 aromatic carbocycles. The number of pyridine rings is 1. The Kier molecular flexibility index (Phi) is 2.54. The Morgan fingerprint density at radius 2 is 1.87 bits per heavy atom. The van der Waals surface area contributed by atoms with Crippen molar-refractivity contribution in [1.29, 1.82) is 0 Å². The molecule has 3 nitrogen and oxygen atoms in total. The van der Waals surface area contributed by atoms with E-state index >= 15 is 0 Å². The highest BCUT2D eigenvalue weighted by Crippen LogP contribution is 2.27. The van der Waals surface area contributed by atoms with Gasteiger partial charge in [0, 0.05) is 12.4 Å². The maximum absolute atomic E-state index is 5.80. The van der Waals surface area contributed by atoms with Crippen LogP contribution >= 0.6 is 0 Å². The first-order valence-corrected chi connectivity index (χ1v) is 4.70. The van der Waals surface area contributed by atoms with E-state index in [-0.39, 0.29) is 0 Å². The van der Waals surface area contributed by atoms with Gasteiger partial charge in [-0.25, -0.2) is 0 Å². The molecule has 1 aromatic heterocycles. The van der Waals surface area contributed by atoms with E-state index in [1.54, 1.807) is 24.5 Å². The summed E-state index contributed by atoms with van der Waals surface area (Å²) in [6.07, 6.45) is 3.36. The van der Waals surface area contributed by atoms with Gasteiger partial charge in [0.15, 0.2) is 5.75 Å². The second-order valence-electron chi connectivity index (χ2n) is 3.33. The van der Waals surface area contributed by atoms with Crippen LogP contribution in [0.4, 0.5) is 5.69 Å². The van der Waals surface area contributed by atoms with Crippen LogP contribution in [0.1, 0.15) is 5.56 Å². The molecule has 0 amide bonds. The molecule has 1 heterocycles. The fraction of sp³-hybridized carbons (Fsp3) is 0.0833. The van der Waals surface area contributed by atoms with Crippen LogP contribution in [-0.4, -0.2) is 4.98 Å². The van der Waals surface area contributed by atoms with Gasteiger partial charge in [0.2, 0.25) is 0 Å². The molecule has 0 aliphatic heterocycles. The fourth-order valence-electron chi connectivity index (χ4n) is 1.26. The number of anilines is 1. The van der Waals surface area contributed by atoms with Gasteiger partial charge in [-0.05, 0) is 36.8 Å². The summed E-state index contributed by atoms with van der Waals surface area (Å²) in [5, 5.41) is 0. The van der Waals surface area contributed by atoms with E-state index in [2.05, 4.69) is 4.98 Å². The monoisotopic (exact) mass is 200 g/mol. The van der Waals surface area contributed by atoms with Crippen molar-refractivity contribution in [2.45, 2.75) is 6.92 Å². The molecule has 2 rings (SSSR count). The summed E-state index contributed by atoms with van der Waals surface area (Å²) in [6.45, 7) is 2.00. The number of aryl methyl sites for hydroxylation is 1. The maximum atomic E-state index is 5.80. The molecule has 0 aliphatic rings. The van der Waals surface area contributed by atoms with Gasteiger partial charge < -0.3 is 10.5 Å². The molecule has 0 saturated carbocycles. The number of nitrogens with two attached hydrogens (primary N) is 1. The number of hydrogen-bond acceptors (Lipinski definition) is 3. The van der Waals surface area contributed by atoms with Gasteiger partial charge in [-0.3, -0.25) is 4.98 Å². The molecular formula is C12H12N2O. The van der Waals surface area contributed by atoms with Crippen LogP contribution < -0.4 is 10.5 Å². The van der Waals surface area contributed by atoms with Gasteiger partial charge in [0.1, 0.15) is 5.75 Å². The number of rotatable bonds is 2. The third-order valence-corrected chi connectivity index (χ3v) is 2.05. The quantitative estimate of drug-likeness (QED) is 0.758. The van der Waals surface area contributed by atoms with E-state index in [9.17, 15) is 0 Å². The van der Waals surface area contributed by atoms with E-state index in [0.717, 1.165) is 11.3 Å². The molecule has 0 radical (unpaired) electrons. The van der Waals surface area contributed by atoms with Crippen LogP contribution in [0.15, 0.2) is 42.7 Å². The molecule has 0 saturated heterocycles. The van der Waals surface area contributed by atoms with Gasteiger partial charge in [0.05, 0.1) is 5.69 Å². The predicted molar refractivity (Wildman–Crippen MR) is 59.9 cm³/mol. The Balaban J connectivity index is 2.28. The van der Waals surface area contributed by atoms with Gasteiger partial charge in [-0.2, -0.15) is 0 Å². The Bertz CT molecular complexity index is 454. The topological polar surface area (TPSA) is 48.1 Å². The van der Waals surface area contributed by atoms with Crippen LogP contribution in [0.5, 0.6) is 11.5 Å². The average Bonchev–Trinajstić information content (AvgIpc) is 2.25. The number of nitrogens with zero attached hydrogens (tertiary/aromatic N) is 1. The lowest BCUT2D eigenvalue weighted by molar-refractivity contribution is 0.484. The number of ether oxygens (including phenoxy) is 1. The molecule has 0 atom stereocenters. The van der Waals surface area contributed by atoms with Crippen LogP contribution in [0.3, 0.4) is 0 Å². The summed E-state index contributed by atoms with van der Waals surface area (Å²) in [7, 11) is 0. The van der Waals surface area contributed by atoms with E-state index in [1.807, 2.05) is 25.1 Å². The normalized spacial score (nSPS) is 9.93. The van der Waals surface area contributed by atoms with Crippen LogP contribution in [0.2, 0.25) is 0 Å². The summed E-state index contributed by atoms with van der Waals surface area (Å²) < 4.78 is 5.62. The van der Waals surface area contributed by atoms with E-state index in [0.29, 0.717) is 11.4 Å². The van der Waals surface area contributed by atoms with Crippen LogP contribution in [-0.2, 0) is 0 Å². The van der Waals surface area contributed by atoms with E-state index in [1.165, 1.54) is 0 Å². The standard InChI is InChI=1S/C12H12N2O/c1-9-2-3-11(13)12(8-9)15-10-4-6-14-7-5-10/h2-8H,13H2,1H3. The first kappa shape index (κ1) is 9.52. The zero-order valence-corrected chi connectivity index (χ0v) is 8.47. The van der Waals surface area contributed by atoms with Crippen molar-refractivity contribution in [3.05, 3.63) is 48.3 Å². The molecule has 76 valence electrons. The number of nitrogen functional groups attached to an aromatic ring is 1. The molecule has 2 aromatic rings. The third kappa shape index (κ3) is 2.26. The van der Waals surface area contributed by atoms with Crippen LogP contribution in [0, 0.1) is 6.92 Å². The zero-order chi connectivity index (χ0) is 10.7. The Hall–Kier alpha value is -2.03. The van der Waals surface area contributed by atoms with Gasteiger partial charge in [-0.1, -0.05) is 6.07 Å². The summed E-state index contributed by atoms with van der Waals surface area (Å²) in [4.78, 5) is 3.92. The van der Waals surface area contributed by atoms with E-state index < -0.39 is 0 Å². The third-order valence-electron chi connectivity index (χ3n) is 2.05. The Morgan fingerprint density at radius 3 is 2.60 bits per heavy atom. The Morgan fingerprint density at radius 1 is 1.13 bits per heavy atom. The SMILES string of the molecule is Cc1ccc(N)c(Oc2ccncc2)c1.